The van der Waals surface area contributed by atoms with Gasteiger partial charge in [-0.2, -0.15) is 0 Å². The summed E-state index contributed by atoms with van der Waals surface area (Å²) < 4.78 is 2.90. The first-order valence-electron chi connectivity index (χ1n) is 5.76. The Labute approximate surface area is 123 Å². The summed E-state index contributed by atoms with van der Waals surface area (Å²) >= 11 is 5.27. The largest absolute Gasteiger partial charge is 0.378 e. The average molecular weight is 335 g/mol. The average Bonchev–Trinajstić information content (AvgIpc) is 3.08. The molecule has 19 heavy (non-hydrogen) atoms. The summed E-state index contributed by atoms with van der Waals surface area (Å²) in [6.45, 7) is 0.782. The molecule has 0 bridgehead atoms. The van der Waals surface area contributed by atoms with E-state index in [1.54, 1.807) is 22.2 Å². The molecule has 3 aromatic rings. The van der Waals surface area contributed by atoms with Gasteiger partial charge >= 0.3 is 0 Å². The number of benzene rings is 1. The fraction of sp³-hybridized carbons (Fsp3) is 0.0769. The molecule has 0 atom stereocenters. The Morgan fingerprint density at radius 1 is 1.26 bits per heavy atom. The molecule has 1 aromatic carbocycles. The van der Waals surface area contributed by atoms with Crippen molar-refractivity contribution in [1.29, 1.82) is 0 Å². The van der Waals surface area contributed by atoms with Crippen molar-refractivity contribution in [3.05, 3.63) is 57.5 Å². The summed E-state index contributed by atoms with van der Waals surface area (Å²) in [4.78, 5) is 1.27. The van der Waals surface area contributed by atoms with Gasteiger partial charge in [0.2, 0.25) is 0 Å². The lowest BCUT2D eigenvalue weighted by molar-refractivity contribution is 0.803. The highest BCUT2D eigenvalue weighted by Gasteiger charge is 2.06. The van der Waals surface area contributed by atoms with Gasteiger partial charge in [-0.25, -0.2) is 4.68 Å². The number of anilines is 1. The molecule has 0 radical (unpaired) electrons. The van der Waals surface area contributed by atoms with E-state index in [0.717, 1.165) is 22.4 Å². The van der Waals surface area contributed by atoms with Gasteiger partial charge in [0, 0.05) is 9.35 Å². The van der Waals surface area contributed by atoms with Gasteiger partial charge in [0.1, 0.15) is 0 Å². The molecule has 0 aliphatic carbocycles. The summed E-state index contributed by atoms with van der Waals surface area (Å²) in [6, 6.07) is 10.1. The molecule has 0 saturated carbocycles. The van der Waals surface area contributed by atoms with E-state index in [1.165, 1.54) is 4.88 Å². The van der Waals surface area contributed by atoms with E-state index in [9.17, 15) is 0 Å². The quantitative estimate of drug-likeness (QED) is 0.790. The summed E-state index contributed by atoms with van der Waals surface area (Å²) in [5, 5.41) is 13.4. The number of hydrogen-bond donors (Lipinski definition) is 1. The van der Waals surface area contributed by atoms with Crippen molar-refractivity contribution in [2.24, 2.45) is 0 Å². The van der Waals surface area contributed by atoms with E-state index in [-0.39, 0.29) is 0 Å². The van der Waals surface area contributed by atoms with E-state index < -0.39 is 0 Å². The number of halogens is 1. The molecule has 0 fully saturated rings. The number of hydrogen-bond acceptors (Lipinski definition) is 4. The molecule has 0 unspecified atom stereocenters. The Morgan fingerprint density at radius 3 is 2.89 bits per heavy atom. The zero-order chi connectivity index (χ0) is 13.1. The molecule has 1 N–H and O–H groups in total. The minimum absolute atomic E-state index is 0.782. The van der Waals surface area contributed by atoms with Crippen molar-refractivity contribution in [2.45, 2.75) is 6.54 Å². The second-order valence-corrected chi connectivity index (χ2v) is 5.77. The predicted octanol–water partition coefficient (Wildman–Crippen LogP) is 3.70. The Balaban J connectivity index is 1.84. The molecule has 96 valence electrons. The highest BCUT2D eigenvalue weighted by Crippen LogP contribution is 2.25. The van der Waals surface area contributed by atoms with Crippen LogP contribution in [0.3, 0.4) is 0 Å². The van der Waals surface area contributed by atoms with Gasteiger partial charge in [-0.1, -0.05) is 17.3 Å². The van der Waals surface area contributed by atoms with Crippen molar-refractivity contribution in [2.75, 3.05) is 5.32 Å². The third kappa shape index (κ3) is 2.69. The predicted molar refractivity (Wildman–Crippen MR) is 80.7 cm³/mol. The van der Waals surface area contributed by atoms with Gasteiger partial charge in [0.05, 0.1) is 30.3 Å². The van der Waals surface area contributed by atoms with Crippen LogP contribution in [0.15, 0.2) is 52.6 Å². The lowest BCUT2D eigenvalue weighted by Crippen LogP contribution is -2.04. The van der Waals surface area contributed by atoms with Crippen molar-refractivity contribution < 1.29 is 0 Å². The van der Waals surface area contributed by atoms with Crippen LogP contribution in [0.4, 0.5) is 5.69 Å². The Kier molecular flexibility index (Phi) is 3.61. The fourth-order valence-corrected chi connectivity index (χ4v) is 3.22. The number of thiophene rings is 1. The van der Waals surface area contributed by atoms with Crippen molar-refractivity contribution in [1.82, 2.24) is 15.0 Å². The number of rotatable bonds is 4. The zero-order valence-corrected chi connectivity index (χ0v) is 12.4. The maximum absolute atomic E-state index is 4.03. The SMILES string of the molecule is Brc1ccsc1CNc1ccccc1-n1ccnn1. The molecule has 4 nitrogen and oxygen atoms in total. The summed E-state index contributed by atoms with van der Waals surface area (Å²) in [5.74, 6) is 0. The lowest BCUT2D eigenvalue weighted by atomic mass is 10.2. The second-order valence-electron chi connectivity index (χ2n) is 3.91. The van der Waals surface area contributed by atoms with Crippen LogP contribution < -0.4 is 5.32 Å². The molecule has 0 aliphatic rings. The lowest BCUT2D eigenvalue weighted by Gasteiger charge is -2.11. The number of para-hydroxylation sites is 2. The third-order valence-electron chi connectivity index (χ3n) is 2.70. The van der Waals surface area contributed by atoms with Crippen LogP contribution in [-0.2, 0) is 6.54 Å². The smallest absolute Gasteiger partial charge is 0.0894 e. The first kappa shape index (κ1) is 12.4. The monoisotopic (exact) mass is 334 g/mol. The van der Waals surface area contributed by atoms with E-state index in [1.807, 2.05) is 30.5 Å². The van der Waals surface area contributed by atoms with Crippen LogP contribution in [-0.4, -0.2) is 15.0 Å². The summed E-state index contributed by atoms with van der Waals surface area (Å²) in [5.41, 5.74) is 2.03. The van der Waals surface area contributed by atoms with Crippen LogP contribution >= 0.6 is 27.3 Å². The third-order valence-corrected chi connectivity index (χ3v) is 4.63. The van der Waals surface area contributed by atoms with Gasteiger partial charge in [0.15, 0.2) is 0 Å². The van der Waals surface area contributed by atoms with E-state index >= 15 is 0 Å². The minimum atomic E-state index is 0.782. The minimum Gasteiger partial charge on any atom is -0.378 e. The first-order valence-corrected chi connectivity index (χ1v) is 7.43. The number of aromatic nitrogens is 3. The van der Waals surface area contributed by atoms with Gasteiger partial charge in [-0.3, -0.25) is 0 Å². The van der Waals surface area contributed by atoms with Crippen LogP contribution in [0.25, 0.3) is 5.69 Å². The fourth-order valence-electron chi connectivity index (χ4n) is 1.79. The van der Waals surface area contributed by atoms with E-state index in [4.69, 9.17) is 0 Å². The molecule has 0 spiro atoms. The van der Waals surface area contributed by atoms with E-state index in [2.05, 4.69) is 43.0 Å². The van der Waals surface area contributed by atoms with Crippen molar-refractivity contribution in [3.63, 3.8) is 0 Å². The maximum atomic E-state index is 4.03. The van der Waals surface area contributed by atoms with Gasteiger partial charge < -0.3 is 5.32 Å². The molecule has 2 aromatic heterocycles. The molecule has 0 amide bonds. The van der Waals surface area contributed by atoms with Crippen LogP contribution in [0.1, 0.15) is 4.88 Å². The van der Waals surface area contributed by atoms with Gasteiger partial charge in [-0.15, -0.1) is 16.4 Å². The first-order chi connectivity index (χ1) is 9.34. The normalized spacial score (nSPS) is 10.6. The molecule has 0 aliphatic heterocycles. The molecule has 3 rings (SSSR count). The Bertz CT molecular complexity index is 663. The zero-order valence-electron chi connectivity index (χ0n) is 9.95. The number of nitrogens with zero attached hydrogens (tertiary/aromatic N) is 3. The maximum Gasteiger partial charge on any atom is 0.0894 e. The number of nitrogens with one attached hydrogen (secondary N) is 1. The molecular weight excluding hydrogens is 324 g/mol. The molecular formula is C13H11BrN4S. The summed E-state index contributed by atoms with van der Waals surface area (Å²) in [6.07, 6.45) is 3.51. The molecule has 6 heteroatoms. The van der Waals surface area contributed by atoms with Crippen LogP contribution in [0, 0.1) is 0 Å². The van der Waals surface area contributed by atoms with E-state index in [0.29, 0.717) is 0 Å². The van der Waals surface area contributed by atoms with Crippen LogP contribution in [0.5, 0.6) is 0 Å². The topological polar surface area (TPSA) is 42.7 Å². The highest BCUT2D eigenvalue weighted by molar-refractivity contribution is 9.10. The summed E-state index contributed by atoms with van der Waals surface area (Å²) in [7, 11) is 0. The van der Waals surface area contributed by atoms with Gasteiger partial charge in [-0.05, 0) is 39.5 Å². The molecule has 2 heterocycles. The van der Waals surface area contributed by atoms with Crippen LogP contribution in [0.2, 0.25) is 0 Å². The Morgan fingerprint density at radius 2 is 2.16 bits per heavy atom. The van der Waals surface area contributed by atoms with Crippen molar-refractivity contribution >= 4 is 33.0 Å². The standard InChI is InChI=1S/C13H11BrN4S/c14-10-5-8-19-13(10)9-15-11-3-1-2-4-12(11)18-7-6-16-17-18/h1-8,15H,9H2. The molecule has 0 saturated heterocycles. The second kappa shape index (κ2) is 5.54. The highest BCUT2D eigenvalue weighted by atomic mass is 79.9. The Hall–Kier alpha value is -1.66. The van der Waals surface area contributed by atoms with Gasteiger partial charge in [0.25, 0.3) is 0 Å². The van der Waals surface area contributed by atoms with Crippen molar-refractivity contribution in [3.8, 4) is 5.69 Å².